The van der Waals surface area contributed by atoms with Gasteiger partial charge in [-0.3, -0.25) is 0 Å². The van der Waals surface area contributed by atoms with E-state index in [1.165, 1.54) is 16.0 Å². The first-order valence-electron chi connectivity index (χ1n) is 6.65. The zero-order chi connectivity index (χ0) is 14.2. The molecule has 4 heteroatoms. The van der Waals surface area contributed by atoms with Gasteiger partial charge in [0, 0.05) is 24.7 Å². The Hall–Kier alpha value is -1.71. The average molecular weight is 262 g/mol. The summed E-state index contributed by atoms with van der Waals surface area (Å²) in [5.41, 5.74) is 9.04. The molecule has 1 atom stereocenters. The van der Waals surface area contributed by atoms with Gasteiger partial charge in [-0.05, 0) is 35.1 Å². The Morgan fingerprint density at radius 2 is 2.11 bits per heavy atom. The van der Waals surface area contributed by atoms with Crippen LogP contribution < -0.4 is 5.73 Å². The summed E-state index contributed by atoms with van der Waals surface area (Å²) in [6.07, 6.45) is -0.103. The van der Waals surface area contributed by atoms with Crippen LogP contribution >= 0.6 is 0 Å². The number of amides is 1. The third-order valence-corrected chi connectivity index (χ3v) is 3.91. The molecule has 1 amide bonds. The number of nitrogens with two attached hydrogens (primary N) is 1. The number of anilines is 1. The van der Waals surface area contributed by atoms with E-state index in [4.69, 9.17) is 5.73 Å². The summed E-state index contributed by atoms with van der Waals surface area (Å²) >= 11 is 0. The molecule has 1 unspecified atom stereocenters. The molecule has 0 saturated carbocycles. The van der Waals surface area contributed by atoms with Gasteiger partial charge in [0.25, 0.3) is 0 Å². The van der Waals surface area contributed by atoms with E-state index in [2.05, 4.69) is 26.8 Å². The Balaban J connectivity index is 2.46. The molecule has 4 nitrogen and oxygen atoms in total. The van der Waals surface area contributed by atoms with Crippen LogP contribution in [0.15, 0.2) is 18.2 Å². The Morgan fingerprint density at radius 1 is 1.42 bits per heavy atom. The van der Waals surface area contributed by atoms with Crippen molar-refractivity contribution in [3.8, 4) is 0 Å². The summed E-state index contributed by atoms with van der Waals surface area (Å²) in [4.78, 5) is 12.8. The van der Waals surface area contributed by atoms with Gasteiger partial charge in [-0.25, -0.2) is 4.79 Å². The van der Waals surface area contributed by atoms with Gasteiger partial charge < -0.3 is 15.7 Å². The highest BCUT2D eigenvalue weighted by molar-refractivity contribution is 5.65. The summed E-state index contributed by atoms with van der Waals surface area (Å²) in [7, 11) is 0. The van der Waals surface area contributed by atoms with Gasteiger partial charge in [0.15, 0.2) is 0 Å². The van der Waals surface area contributed by atoms with Crippen LogP contribution in [0.5, 0.6) is 0 Å². The van der Waals surface area contributed by atoms with E-state index in [-0.39, 0.29) is 11.3 Å². The van der Waals surface area contributed by atoms with Crippen LogP contribution in [0.25, 0.3) is 0 Å². The first-order valence-corrected chi connectivity index (χ1v) is 6.65. The van der Waals surface area contributed by atoms with Gasteiger partial charge in [-0.2, -0.15) is 0 Å². The van der Waals surface area contributed by atoms with Gasteiger partial charge in [0.2, 0.25) is 0 Å². The lowest BCUT2D eigenvalue weighted by molar-refractivity contribution is 0.135. The second-order valence-electron chi connectivity index (χ2n) is 6.36. The average Bonchev–Trinajstić information content (AvgIpc) is 2.47. The van der Waals surface area contributed by atoms with Crippen LogP contribution in [0.1, 0.15) is 37.8 Å². The van der Waals surface area contributed by atoms with E-state index < -0.39 is 6.09 Å². The Bertz CT molecular complexity index is 491. The lowest BCUT2D eigenvalue weighted by Gasteiger charge is -2.33. The lowest BCUT2D eigenvalue weighted by atomic mass is 9.75. The van der Waals surface area contributed by atoms with Crippen molar-refractivity contribution >= 4 is 11.8 Å². The number of rotatable bonds is 0. The van der Waals surface area contributed by atoms with E-state index in [9.17, 15) is 9.90 Å². The van der Waals surface area contributed by atoms with Gasteiger partial charge >= 0.3 is 6.09 Å². The van der Waals surface area contributed by atoms with Gasteiger partial charge in [0.1, 0.15) is 0 Å². The van der Waals surface area contributed by atoms with Crippen LogP contribution in [0.3, 0.4) is 0 Å². The SMILES string of the molecule is CC(C)(C)C1CN(C(=O)O)CCc2cc(N)ccc21. The Labute approximate surface area is 114 Å². The summed E-state index contributed by atoms with van der Waals surface area (Å²) < 4.78 is 0. The van der Waals surface area contributed by atoms with Crippen LogP contribution in [0.2, 0.25) is 0 Å². The lowest BCUT2D eigenvalue weighted by Crippen LogP contribution is -2.36. The molecular weight excluding hydrogens is 240 g/mol. The second-order valence-corrected chi connectivity index (χ2v) is 6.36. The Kier molecular flexibility index (Phi) is 3.43. The number of hydrogen-bond donors (Lipinski definition) is 2. The van der Waals surface area contributed by atoms with Gasteiger partial charge in [-0.1, -0.05) is 26.8 Å². The molecule has 19 heavy (non-hydrogen) atoms. The maximum absolute atomic E-state index is 11.3. The summed E-state index contributed by atoms with van der Waals surface area (Å²) in [5.74, 6) is 0.196. The number of carboxylic acid groups (broad SMARTS) is 1. The molecule has 1 aliphatic heterocycles. The highest BCUT2D eigenvalue weighted by atomic mass is 16.4. The molecule has 0 radical (unpaired) electrons. The van der Waals surface area contributed by atoms with E-state index in [0.29, 0.717) is 13.1 Å². The summed E-state index contributed by atoms with van der Waals surface area (Å²) in [6, 6.07) is 5.96. The molecular formula is C15H22N2O2. The number of fused-ring (bicyclic) bond motifs is 1. The molecule has 1 aromatic carbocycles. The minimum absolute atomic E-state index is 0.0168. The molecule has 0 aliphatic carbocycles. The second kappa shape index (κ2) is 4.76. The van der Waals surface area contributed by atoms with E-state index >= 15 is 0 Å². The molecule has 0 bridgehead atoms. The van der Waals surface area contributed by atoms with Crippen LogP contribution in [-0.2, 0) is 6.42 Å². The normalized spacial score (nSPS) is 19.7. The summed E-state index contributed by atoms with van der Waals surface area (Å²) in [6.45, 7) is 7.56. The van der Waals surface area contributed by atoms with Gasteiger partial charge in [-0.15, -0.1) is 0 Å². The molecule has 0 aromatic heterocycles. The van der Waals surface area contributed by atoms with Crippen LogP contribution in [0, 0.1) is 5.41 Å². The topological polar surface area (TPSA) is 66.6 Å². The Morgan fingerprint density at radius 3 is 2.68 bits per heavy atom. The zero-order valence-electron chi connectivity index (χ0n) is 11.8. The van der Waals surface area contributed by atoms with Crippen LogP contribution in [0.4, 0.5) is 10.5 Å². The largest absolute Gasteiger partial charge is 0.465 e. The van der Waals surface area contributed by atoms with Crippen LogP contribution in [-0.4, -0.2) is 29.2 Å². The minimum Gasteiger partial charge on any atom is -0.465 e. The fourth-order valence-corrected chi connectivity index (χ4v) is 2.76. The number of benzene rings is 1. The van der Waals surface area contributed by atoms with E-state index in [1.54, 1.807) is 0 Å². The molecule has 0 saturated heterocycles. The minimum atomic E-state index is -0.838. The van der Waals surface area contributed by atoms with E-state index in [1.807, 2.05) is 12.1 Å². The maximum Gasteiger partial charge on any atom is 0.407 e. The summed E-state index contributed by atoms with van der Waals surface area (Å²) in [5, 5.41) is 9.28. The van der Waals surface area contributed by atoms with Crippen molar-refractivity contribution in [3.05, 3.63) is 29.3 Å². The van der Waals surface area contributed by atoms with Crippen molar-refractivity contribution in [3.63, 3.8) is 0 Å². The predicted molar refractivity (Wildman–Crippen MR) is 76.4 cm³/mol. The van der Waals surface area contributed by atoms with Crippen molar-refractivity contribution in [2.24, 2.45) is 5.41 Å². The standard InChI is InChI=1S/C15H22N2O2/c1-15(2,3)13-9-17(14(18)19)7-6-10-8-11(16)4-5-12(10)13/h4-5,8,13H,6-7,9,16H2,1-3H3,(H,18,19). The highest BCUT2D eigenvalue weighted by Crippen LogP contribution is 2.39. The van der Waals surface area contributed by atoms with Crippen molar-refractivity contribution in [1.29, 1.82) is 0 Å². The molecule has 0 spiro atoms. The third kappa shape index (κ3) is 2.83. The fraction of sp³-hybridized carbons (Fsp3) is 0.533. The molecule has 1 aromatic rings. The molecule has 3 N–H and O–H groups in total. The zero-order valence-corrected chi connectivity index (χ0v) is 11.8. The number of carbonyl (C=O) groups is 1. The number of nitrogen functional groups attached to an aromatic ring is 1. The first-order chi connectivity index (χ1) is 8.79. The van der Waals surface area contributed by atoms with Gasteiger partial charge in [0.05, 0.1) is 0 Å². The van der Waals surface area contributed by atoms with Crippen molar-refractivity contribution in [1.82, 2.24) is 4.90 Å². The first kappa shape index (κ1) is 13.7. The molecule has 2 rings (SSSR count). The smallest absolute Gasteiger partial charge is 0.407 e. The molecule has 104 valence electrons. The van der Waals surface area contributed by atoms with Crippen molar-refractivity contribution in [2.45, 2.75) is 33.1 Å². The predicted octanol–water partition coefficient (Wildman–Crippen LogP) is 2.93. The highest BCUT2D eigenvalue weighted by Gasteiger charge is 2.33. The number of hydrogen-bond acceptors (Lipinski definition) is 2. The number of nitrogens with zero attached hydrogens (tertiary/aromatic N) is 1. The molecule has 0 fully saturated rings. The van der Waals surface area contributed by atoms with E-state index in [0.717, 1.165) is 12.1 Å². The quantitative estimate of drug-likeness (QED) is 0.706. The van der Waals surface area contributed by atoms with Crippen molar-refractivity contribution in [2.75, 3.05) is 18.8 Å². The van der Waals surface area contributed by atoms with Crippen molar-refractivity contribution < 1.29 is 9.90 Å². The fourth-order valence-electron chi connectivity index (χ4n) is 2.76. The monoisotopic (exact) mass is 262 g/mol. The maximum atomic E-state index is 11.3. The third-order valence-electron chi connectivity index (χ3n) is 3.91. The molecule has 1 aliphatic rings. The molecule has 1 heterocycles.